The van der Waals surface area contributed by atoms with Gasteiger partial charge in [0.05, 0.1) is 11.8 Å². The highest BCUT2D eigenvalue weighted by atomic mass is 16.5. The van der Waals surface area contributed by atoms with Crippen molar-refractivity contribution in [3.63, 3.8) is 0 Å². The number of nitrogens with one attached hydrogen (secondary N) is 1. The molecule has 1 saturated heterocycles. The highest BCUT2D eigenvalue weighted by molar-refractivity contribution is 6.07. The van der Waals surface area contributed by atoms with Gasteiger partial charge in [-0.3, -0.25) is 24.1 Å². The number of carbonyl (C=O) groups excluding carboxylic acids is 4. The van der Waals surface area contributed by atoms with E-state index in [9.17, 15) is 19.2 Å². The molecule has 7 nitrogen and oxygen atoms in total. The van der Waals surface area contributed by atoms with Gasteiger partial charge >= 0.3 is 5.97 Å². The van der Waals surface area contributed by atoms with Crippen LogP contribution in [-0.4, -0.2) is 48.3 Å². The molecule has 0 bridgehead atoms. The number of nitrogens with zero attached hydrogens (tertiary/aromatic N) is 1. The van der Waals surface area contributed by atoms with Crippen molar-refractivity contribution >= 4 is 23.7 Å². The van der Waals surface area contributed by atoms with E-state index in [4.69, 9.17) is 4.74 Å². The zero-order valence-corrected chi connectivity index (χ0v) is 17.7. The highest BCUT2D eigenvalue weighted by Crippen LogP contribution is 2.37. The number of fused-ring (bicyclic) bond motifs is 1. The predicted molar refractivity (Wildman–Crippen MR) is 110 cm³/mol. The first-order valence-electron chi connectivity index (χ1n) is 10.7. The number of likely N-dealkylation sites (tertiary alicyclic amines) is 1. The fourth-order valence-corrected chi connectivity index (χ4v) is 4.17. The lowest BCUT2D eigenvalue weighted by Crippen LogP contribution is -2.38. The van der Waals surface area contributed by atoms with Crippen LogP contribution < -0.4 is 5.32 Å². The minimum absolute atomic E-state index is 0.283. The summed E-state index contributed by atoms with van der Waals surface area (Å²) in [7, 11) is 0. The van der Waals surface area contributed by atoms with Crippen LogP contribution >= 0.6 is 0 Å². The largest absolute Gasteiger partial charge is 0.454 e. The Morgan fingerprint density at radius 3 is 2.23 bits per heavy atom. The second kappa shape index (κ2) is 9.87. The van der Waals surface area contributed by atoms with Gasteiger partial charge in [0, 0.05) is 6.54 Å². The van der Waals surface area contributed by atoms with Gasteiger partial charge < -0.3 is 10.1 Å². The first-order chi connectivity index (χ1) is 14.4. The smallest absolute Gasteiger partial charge is 0.326 e. The summed E-state index contributed by atoms with van der Waals surface area (Å²) in [4.78, 5) is 49.7. The summed E-state index contributed by atoms with van der Waals surface area (Å²) in [6, 6.07) is 8.26. The monoisotopic (exact) mass is 414 g/mol. The van der Waals surface area contributed by atoms with Crippen LogP contribution in [0.25, 0.3) is 0 Å². The molecule has 0 radical (unpaired) electrons. The van der Waals surface area contributed by atoms with Gasteiger partial charge in [-0.15, -0.1) is 0 Å². The SMILES string of the molecule is CC(C)c1ccc(CCNC(=O)COC(=O)CN2C(=O)[C@H]3CCCC[C@@H]3C2=O)cc1. The number of hydrogen-bond donors (Lipinski definition) is 1. The topological polar surface area (TPSA) is 92.8 Å². The Hall–Kier alpha value is -2.70. The maximum atomic E-state index is 12.4. The molecule has 1 aliphatic carbocycles. The summed E-state index contributed by atoms with van der Waals surface area (Å²) in [6.07, 6.45) is 3.94. The van der Waals surface area contributed by atoms with Crippen LogP contribution in [0.2, 0.25) is 0 Å². The van der Waals surface area contributed by atoms with Crippen molar-refractivity contribution in [3.05, 3.63) is 35.4 Å². The lowest BCUT2D eigenvalue weighted by Gasteiger charge is -2.19. The first-order valence-corrected chi connectivity index (χ1v) is 10.7. The second-order valence-electron chi connectivity index (χ2n) is 8.42. The molecule has 30 heavy (non-hydrogen) atoms. The number of carbonyl (C=O) groups is 4. The van der Waals surface area contributed by atoms with Gasteiger partial charge in [0.25, 0.3) is 5.91 Å². The number of amides is 3. The van der Waals surface area contributed by atoms with E-state index in [2.05, 4.69) is 31.3 Å². The third kappa shape index (κ3) is 5.26. The van der Waals surface area contributed by atoms with Gasteiger partial charge in [0.15, 0.2) is 6.61 Å². The Kier molecular flexibility index (Phi) is 7.24. The third-order valence-corrected chi connectivity index (χ3v) is 5.97. The molecule has 0 spiro atoms. The van der Waals surface area contributed by atoms with Gasteiger partial charge in [0.2, 0.25) is 11.8 Å². The molecule has 3 amide bonds. The Morgan fingerprint density at radius 1 is 1.07 bits per heavy atom. The van der Waals surface area contributed by atoms with Crippen molar-refractivity contribution in [2.24, 2.45) is 11.8 Å². The summed E-state index contributed by atoms with van der Waals surface area (Å²) in [5.41, 5.74) is 2.38. The minimum Gasteiger partial charge on any atom is -0.454 e. The van der Waals surface area contributed by atoms with Crippen LogP contribution in [0.4, 0.5) is 0 Å². The van der Waals surface area contributed by atoms with E-state index in [0.29, 0.717) is 31.7 Å². The maximum Gasteiger partial charge on any atom is 0.326 e. The molecule has 0 aromatic heterocycles. The molecule has 2 atom stereocenters. The molecule has 1 aromatic rings. The van der Waals surface area contributed by atoms with Crippen LogP contribution in [-0.2, 0) is 30.3 Å². The van der Waals surface area contributed by atoms with E-state index in [1.165, 1.54) is 5.56 Å². The number of ether oxygens (including phenoxy) is 1. The molecular weight excluding hydrogens is 384 g/mol. The average Bonchev–Trinajstić information content (AvgIpc) is 2.98. The fourth-order valence-electron chi connectivity index (χ4n) is 4.17. The average molecular weight is 415 g/mol. The van der Waals surface area contributed by atoms with Crippen LogP contribution in [0.3, 0.4) is 0 Å². The molecule has 3 rings (SSSR count). The Balaban J connectivity index is 1.37. The summed E-state index contributed by atoms with van der Waals surface area (Å²) in [6.45, 7) is 3.87. The zero-order valence-electron chi connectivity index (χ0n) is 17.7. The Bertz CT molecular complexity index is 778. The lowest BCUT2D eigenvalue weighted by atomic mass is 9.81. The molecule has 1 aliphatic heterocycles. The van der Waals surface area contributed by atoms with Crippen molar-refractivity contribution < 1.29 is 23.9 Å². The summed E-state index contributed by atoms with van der Waals surface area (Å²) < 4.78 is 4.96. The fraction of sp³-hybridized carbons (Fsp3) is 0.565. The van der Waals surface area contributed by atoms with Crippen molar-refractivity contribution in [1.29, 1.82) is 0 Å². The van der Waals surface area contributed by atoms with E-state index in [1.807, 2.05) is 12.1 Å². The summed E-state index contributed by atoms with van der Waals surface area (Å²) in [5, 5.41) is 2.71. The van der Waals surface area contributed by atoms with Gasteiger partial charge in [-0.05, 0) is 36.3 Å². The molecule has 1 aromatic carbocycles. The summed E-state index contributed by atoms with van der Waals surface area (Å²) in [5.74, 6) is -1.83. The number of imide groups is 1. The first kappa shape index (κ1) is 22.0. The van der Waals surface area contributed by atoms with Crippen molar-refractivity contribution in [3.8, 4) is 0 Å². The molecule has 1 saturated carbocycles. The lowest BCUT2D eigenvalue weighted by molar-refractivity contribution is -0.154. The van der Waals surface area contributed by atoms with Crippen molar-refractivity contribution in [2.75, 3.05) is 19.7 Å². The molecule has 1 heterocycles. The molecule has 162 valence electrons. The number of benzene rings is 1. The van der Waals surface area contributed by atoms with Crippen LogP contribution in [0.15, 0.2) is 24.3 Å². The van der Waals surface area contributed by atoms with E-state index in [-0.39, 0.29) is 23.7 Å². The minimum atomic E-state index is -0.741. The molecular formula is C23H30N2O5. The van der Waals surface area contributed by atoms with Gasteiger partial charge in [-0.1, -0.05) is 51.0 Å². The molecule has 1 N–H and O–H groups in total. The quantitative estimate of drug-likeness (QED) is 0.520. The molecule has 2 fully saturated rings. The van der Waals surface area contributed by atoms with E-state index in [0.717, 1.165) is 23.3 Å². The van der Waals surface area contributed by atoms with Gasteiger partial charge in [-0.25, -0.2) is 0 Å². The highest BCUT2D eigenvalue weighted by Gasteiger charge is 2.48. The van der Waals surface area contributed by atoms with E-state index < -0.39 is 25.0 Å². The number of hydrogen-bond acceptors (Lipinski definition) is 5. The van der Waals surface area contributed by atoms with E-state index >= 15 is 0 Å². The van der Waals surface area contributed by atoms with Gasteiger partial charge in [-0.2, -0.15) is 0 Å². The van der Waals surface area contributed by atoms with Gasteiger partial charge in [0.1, 0.15) is 6.54 Å². The van der Waals surface area contributed by atoms with Crippen LogP contribution in [0.1, 0.15) is 56.6 Å². The Morgan fingerprint density at radius 2 is 1.67 bits per heavy atom. The second-order valence-corrected chi connectivity index (χ2v) is 8.42. The summed E-state index contributed by atoms with van der Waals surface area (Å²) >= 11 is 0. The zero-order chi connectivity index (χ0) is 21.7. The molecule has 7 heteroatoms. The normalized spacial score (nSPS) is 21.0. The van der Waals surface area contributed by atoms with Crippen molar-refractivity contribution in [2.45, 2.75) is 51.9 Å². The number of rotatable bonds is 8. The van der Waals surface area contributed by atoms with E-state index in [1.54, 1.807) is 0 Å². The standard InChI is InChI=1S/C23H30N2O5/c1-15(2)17-9-7-16(8-10-17)11-12-24-20(26)14-30-21(27)13-25-22(28)18-5-3-4-6-19(18)23(25)29/h7-10,15,18-19H,3-6,11-14H2,1-2H3,(H,24,26)/t18-,19-/m0/s1. The molecule has 2 aliphatic rings. The van der Waals surface area contributed by atoms with Crippen LogP contribution in [0.5, 0.6) is 0 Å². The molecule has 0 unspecified atom stereocenters. The third-order valence-electron chi connectivity index (χ3n) is 5.97. The van der Waals surface area contributed by atoms with Crippen LogP contribution in [0, 0.1) is 11.8 Å². The van der Waals surface area contributed by atoms with Crippen molar-refractivity contribution in [1.82, 2.24) is 10.2 Å². The maximum absolute atomic E-state index is 12.4. The predicted octanol–water partition coefficient (Wildman–Crippen LogP) is 2.19. The number of esters is 1. The Labute approximate surface area is 177 Å².